The molecule has 0 radical (unpaired) electrons. The van der Waals surface area contributed by atoms with Crippen LogP contribution in [0.5, 0.6) is 0 Å². The van der Waals surface area contributed by atoms with E-state index in [-0.39, 0.29) is 12.4 Å². The van der Waals surface area contributed by atoms with Gasteiger partial charge < -0.3 is 12.4 Å². The summed E-state index contributed by atoms with van der Waals surface area (Å²) in [5, 5.41) is 1.34. The zero-order valence-corrected chi connectivity index (χ0v) is 21.3. The van der Waals surface area contributed by atoms with Crippen LogP contribution in [0, 0.1) is 5.38 Å². The molecule has 5 saturated carbocycles. The Balaban J connectivity index is 0.00000231. The highest BCUT2D eigenvalue weighted by atomic mass is 35.5. The molecule has 0 aliphatic heterocycles. The van der Waals surface area contributed by atoms with Gasteiger partial charge in [0, 0.05) is 24.2 Å². The Morgan fingerprint density at radius 1 is 0.419 bits per heavy atom. The molecule has 31 heavy (non-hydrogen) atoms. The van der Waals surface area contributed by atoms with Crippen LogP contribution in [0.2, 0.25) is 0 Å². The fourth-order valence-electron chi connectivity index (χ4n) is 7.84. The Morgan fingerprint density at radius 2 is 0.645 bits per heavy atom. The standard InChI is InChI=1S/C27H46ClN2.ClH/c28-25-26(29(21-13-5-1-6-14-21)22-15-7-2-8-16-22)27(25)30(23-17-9-3-10-18-23)24-19-11-4-12-20-24;/h21-24,26-27H,1-20H2;1H/q+1;/p-1. The minimum Gasteiger partial charge on any atom is -1.00 e. The monoisotopic (exact) mass is 468 g/mol. The maximum Gasteiger partial charge on any atom is 0.249 e. The van der Waals surface area contributed by atoms with E-state index >= 15 is 0 Å². The van der Waals surface area contributed by atoms with E-state index in [0.29, 0.717) is 12.1 Å². The number of halogens is 2. The van der Waals surface area contributed by atoms with Gasteiger partial charge in [-0.2, -0.15) is 0 Å². The van der Waals surface area contributed by atoms with Crippen LogP contribution in [-0.4, -0.2) is 46.1 Å². The van der Waals surface area contributed by atoms with Crippen LogP contribution in [0.25, 0.3) is 0 Å². The topological polar surface area (TPSA) is 6.48 Å². The van der Waals surface area contributed by atoms with Crippen LogP contribution >= 0.6 is 11.6 Å². The summed E-state index contributed by atoms with van der Waals surface area (Å²) < 4.78 is 0. The first kappa shape index (κ1) is 24.5. The van der Waals surface area contributed by atoms with Gasteiger partial charge in [-0.3, -0.25) is 0 Å². The summed E-state index contributed by atoms with van der Waals surface area (Å²) >= 11 is 7.22. The van der Waals surface area contributed by atoms with Crippen LogP contribution < -0.4 is 12.4 Å². The minimum absolute atomic E-state index is 0. The van der Waals surface area contributed by atoms with E-state index in [1.165, 1.54) is 134 Å². The van der Waals surface area contributed by atoms with Crippen molar-refractivity contribution in [3.8, 4) is 0 Å². The number of hydrogen-bond donors (Lipinski definition) is 0. The average molecular weight is 470 g/mol. The van der Waals surface area contributed by atoms with E-state index in [0.717, 1.165) is 24.2 Å². The van der Waals surface area contributed by atoms with Crippen molar-refractivity contribution in [2.75, 3.05) is 0 Å². The lowest BCUT2D eigenvalue weighted by atomic mass is 9.87. The van der Waals surface area contributed by atoms with E-state index in [9.17, 15) is 0 Å². The molecule has 0 aromatic carbocycles. The molecule has 5 aliphatic rings. The summed E-state index contributed by atoms with van der Waals surface area (Å²) in [5.41, 5.74) is 0. The fourth-order valence-corrected chi connectivity index (χ4v) is 8.24. The summed E-state index contributed by atoms with van der Waals surface area (Å²) in [6, 6.07) is 4.38. The van der Waals surface area contributed by atoms with Crippen LogP contribution in [-0.2, 0) is 0 Å². The Hall–Kier alpha value is 0.370. The highest BCUT2D eigenvalue weighted by Gasteiger charge is 2.73. The molecule has 2 unspecified atom stereocenters. The van der Waals surface area contributed by atoms with Gasteiger partial charge in [0.1, 0.15) is 11.6 Å². The van der Waals surface area contributed by atoms with Crippen molar-refractivity contribution in [3.63, 3.8) is 0 Å². The third-order valence-electron chi connectivity index (χ3n) is 9.38. The van der Waals surface area contributed by atoms with Gasteiger partial charge in [-0.05, 0) is 51.4 Å². The van der Waals surface area contributed by atoms with E-state index in [2.05, 4.69) is 9.80 Å². The van der Waals surface area contributed by atoms with Gasteiger partial charge in [0.25, 0.3) is 0 Å². The molecule has 0 spiro atoms. The Labute approximate surface area is 203 Å². The van der Waals surface area contributed by atoms with Crippen LogP contribution in [0.1, 0.15) is 128 Å². The lowest BCUT2D eigenvalue weighted by Gasteiger charge is -2.42. The molecule has 0 heterocycles. The van der Waals surface area contributed by atoms with Gasteiger partial charge in [0.2, 0.25) is 17.5 Å². The molecule has 178 valence electrons. The second-order valence-electron chi connectivity index (χ2n) is 11.3. The quantitative estimate of drug-likeness (QED) is 0.531. The summed E-state index contributed by atoms with van der Waals surface area (Å²) in [6.07, 6.45) is 28.8. The van der Waals surface area contributed by atoms with E-state index in [4.69, 9.17) is 11.6 Å². The molecule has 5 rings (SSSR count). The van der Waals surface area contributed by atoms with E-state index in [1.807, 2.05) is 0 Å². The first-order valence-corrected chi connectivity index (χ1v) is 14.3. The molecule has 2 atom stereocenters. The predicted molar refractivity (Wildman–Crippen MR) is 128 cm³/mol. The molecule has 0 amide bonds. The number of hydrogen-bond acceptors (Lipinski definition) is 2. The van der Waals surface area contributed by atoms with Gasteiger partial charge in [-0.25, -0.2) is 9.80 Å². The largest absolute Gasteiger partial charge is 1.00 e. The summed E-state index contributed by atoms with van der Waals surface area (Å²) in [6.45, 7) is 0. The third kappa shape index (κ3) is 5.55. The highest BCUT2D eigenvalue weighted by Crippen LogP contribution is 2.53. The predicted octanol–water partition coefficient (Wildman–Crippen LogP) is 4.45. The molecule has 0 N–H and O–H groups in total. The van der Waals surface area contributed by atoms with Crippen molar-refractivity contribution in [1.82, 2.24) is 9.80 Å². The lowest BCUT2D eigenvalue weighted by Crippen LogP contribution is -3.00. The SMILES string of the molecule is Cl[C+]1C(N(C2CCCCC2)C2CCCCC2)C1N(C1CCCCC1)C1CCCCC1.[Cl-]. The highest BCUT2D eigenvalue weighted by molar-refractivity contribution is 6.31. The zero-order chi connectivity index (χ0) is 20.3. The van der Waals surface area contributed by atoms with Crippen molar-refractivity contribution in [3.05, 3.63) is 5.38 Å². The molecule has 5 aliphatic carbocycles. The second-order valence-corrected chi connectivity index (χ2v) is 11.8. The molecular weight excluding hydrogens is 423 g/mol. The molecule has 0 aromatic heterocycles. The van der Waals surface area contributed by atoms with Crippen molar-refractivity contribution >= 4 is 11.6 Å². The lowest BCUT2D eigenvalue weighted by molar-refractivity contribution is -0.00000685. The molecule has 0 aromatic rings. The van der Waals surface area contributed by atoms with Crippen LogP contribution in [0.4, 0.5) is 0 Å². The van der Waals surface area contributed by atoms with Crippen LogP contribution in [0.3, 0.4) is 0 Å². The summed E-state index contributed by atoms with van der Waals surface area (Å²) in [7, 11) is 0. The van der Waals surface area contributed by atoms with Gasteiger partial charge >= 0.3 is 0 Å². The first-order chi connectivity index (χ1) is 14.8. The smallest absolute Gasteiger partial charge is 0.249 e. The maximum atomic E-state index is 7.22. The molecular formula is C27H46Cl2N2. The average Bonchev–Trinajstić information content (AvgIpc) is 3.46. The van der Waals surface area contributed by atoms with E-state index in [1.54, 1.807) is 0 Å². The normalized spacial score (nSPS) is 32.4. The summed E-state index contributed by atoms with van der Waals surface area (Å²) in [5.74, 6) is 0. The van der Waals surface area contributed by atoms with E-state index < -0.39 is 0 Å². The third-order valence-corrected chi connectivity index (χ3v) is 9.83. The molecule has 0 bridgehead atoms. The van der Waals surface area contributed by atoms with Crippen molar-refractivity contribution in [2.24, 2.45) is 0 Å². The number of nitrogens with zero attached hydrogens (tertiary/aromatic N) is 2. The maximum absolute atomic E-state index is 7.22. The molecule has 4 heteroatoms. The Kier molecular flexibility index (Phi) is 9.22. The molecule has 0 saturated heterocycles. The minimum atomic E-state index is 0. The summed E-state index contributed by atoms with van der Waals surface area (Å²) in [4.78, 5) is 6.06. The second kappa shape index (κ2) is 11.7. The zero-order valence-electron chi connectivity index (χ0n) is 19.8. The van der Waals surface area contributed by atoms with Gasteiger partial charge in [0.05, 0.1) is 0 Å². The van der Waals surface area contributed by atoms with Crippen LogP contribution in [0.15, 0.2) is 0 Å². The molecule has 5 fully saturated rings. The van der Waals surface area contributed by atoms with Gasteiger partial charge in [0.15, 0.2) is 0 Å². The van der Waals surface area contributed by atoms with Crippen molar-refractivity contribution in [2.45, 2.75) is 165 Å². The Morgan fingerprint density at radius 3 is 0.871 bits per heavy atom. The first-order valence-electron chi connectivity index (χ1n) is 13.9. The van der Waals surface area contributed by atoms with Gasteiger partial charge in [-0.1, -0.05) is 77.0 Å². The van der Waals surface area contributed by atoms with Crippen molar-refractivity contribution in [1.29, 1.82) is 0 Å². The van der Waals surface area contributed by atoms with Crippen molar-refractivity contribution < 1.29 is 12.4 Å². The Bertz CT molecular complexity index is 437. The fraction of sp³-hybridized carbons (Fsp3) is 0.963. The van der Waals surface area contributed by atoms with Gasteiger partial charge in [-0.15, -0.1) is 0 Å². The molecule has 2 nitrogen and oxygen atoms in total. The number of rotatable bonds is 6.